The second-order valence-corrected chi connectivity index (χ2v) is 0.993. The van der Waals surface area contributed by atoms with Crippen molar-refractivity contribution in [1.29, 1.82) is 0 Å². The molecule has 8 heteroatoms. The molecule has 0 aliphatic heterocycles. The van der Waals surface area contributed by atoms with Gasteiger partial charge in [-0.2, -0.15) is 0 Å². The Morgan fingerprint density at radius 2 is 2.00 bits per heavy atom. The summed E-state index contributed by atoms with van der Waals surface area (Å²) in [5, 5.41) is 27.1. The number of hydrogen-bond donors (Lipinski definition) is 2. The number of nitrogens with zero attached hydrogens (tertiary/aromatic N) is 2. The molecule has 0 spiro atoms. The molecule has 10 heavy (non-hydrogen) atoms. The van der Waals surface area contributed by atoms with Gasteiger partial charge in [-0.15, -0.1) is 0 Å². The molecule has 0 aromatic rings. The second-order valence-electron chi connectivity index (χ2n) is 0.993. The maximum absolute atomic E-state index is 9.74. The first kappa shape index (κ1) is 17.0. The van der Waals surface area contributed by atoms with E-state index in [1.807, 2.05) is 5.28 Å². The van der Waals surface area contributed by atoms with Crippen LogP contribution in [0, 0.1) is 5.21 Å². The maximum Gasteiger partial charge on any atom is 0.373 e. The summed E-state index contributed by atoms with van der Waals surface area (Å²) >= 11 is 0. The number of aliphatic carboxylic acids is 1. The molecule has 0 aliphatic carbocycles. The largest absolute Gasteiger partial charge is 0.597 e. The zero-order valence-electron chi connectivity index (χ0n) is 5.81. The van der Waals surface area contributed by atoms with Crippen molar-refractivity contribution in [3.8, 4) is 0 Å². The SMILES string of the molecule is O=C(O)C/[N+]([O-])=N/O.[Na].[Na]. The van der Waals surface area contributed by atoms with Crippen LogP contribution in [-0.2, 0) is 4.79 Å². The van der Waals surface area contributed by atoms with Crippen LogP contribution in [0.3, 0.4) is 0 Å². The third-order valence-electron chi connectivity index (χ3n) is 0.370. The molecule has 0 unspecified atom stereocenters. The van der Waals surface area contributed by atoms with E-state index in [-0.39, 0.29) is 64.0 Å². The van der Waals surface area contributed by atoms with Crippen molar-refractivity contribution in [2.24, 2.45) is 5.28 Å². The number of carboxylic acid groups (broad SMARTS) is 1. The average Bonchev–Trinajstić information content (AvgIpc) is 1.65. The van der Waals surface area contributed by atoms with E-state index < -0.39 is 12.5 Å². The van der Waals surface area contributed by atoms with Crippen LogP contribution in [0.25, 0.3) is 0 Å². The molecule has 0 atom stereocenters. The van der Waals surface area contributed by atoms with Gasteiger partial charge in [0.15, 0.2) is 5.28 Å². The third-order valence-corrected chi connectivity index (χ3v) is 0.370. The van der Waals surface area contributed by atoms with Gasteiger partial charge in [-0.25, -0.2) is 4.79 Å². The Morgan fingerprint density at radius 3 is 2.10 bits per heavy atom. The summed E-state index contributed by atoms with van der Waals surface area (Å²) < 4.78 is 0. The topological polar surface area (TPSA) is 96.0 Å². The Hall–Kier alpha value is 0.670. The minimum atomic E-state index is -1.34. The number of carbonyl (C=O) groups is 1. The molecule has 0 rings (SSSR count). The average molecular weight is 166 g/mol. The molecular weight excluding hydrogens is 162 g/mol. The van der Waals surface area contributed by atoms with Crippen molar-refractivity contribution in [3.63, 3.8) is 0 Å². The Labute approximate surface area is 101 Å². The molecule has 0 heterocycles. The van der Waals surface area contributed by atoms with Gasteiger partial charge in [0.05, 0.1) is 0 Å². The van der Waals surface area contributed by atoms with Crippen molar-refractivity contribution < 1.29 is 20.0 Å². The third kappa shape index (κ3) is 11.5. The van der Waals surface area contributed by atoms with Crippen molar-refractivity contribution in [1.82, 2.24) is 0 Å². The molecular formula is C2H4N2Na2O4. The first-order chi connectivity index (χ1) is 3.66. The summed E-state index contributed by atoms with van der Waals surface area (Å²) in [6.07, 6.45) is 0. The second kappa shape index (κ2) is 9.67. The minimum absolute atomic E-state index is 0. The Bertz CT molecular complexity index is 126. The van der Waals surface area contributed by atoms with E-state index >= 15 is 0 Å². The Morgan fingerprint density at radius 1 is 1.60 bits per heavy atom. The molecule has 6 nitrogen and oxygen atoms in total. The fourth-order valence-corrected chi connectivity index (χ4v) is 0.147. The van der Waals surface area contributed by atoms with E-state index in [0.717, 1.165) is 0 Å². The van der Waals surface area contributed by atoms with E-state index in [0.29, 0.717) is 0 Å². The van der Waals surface area contributed by atoms with Gasteiger partial charge >= 0.3 is 5.97 Å². The van der Waals surface area contributed by atoms with Crippen LogP contribution in [0.2, 0.25) is 0 Å². The quantitative estimate of drug-likeness (QED) is 0.229. The summed E-state index contributed by atoms with van der Waals surface area (Å²) in [4.78, 5) is 9.21. The van der Waals surface area contributed by atoms with Crippen LogP contribution in [-0.4, -0.2) is 86.8 Å². The monoisotopic (exact) mass is 166 g/mol. The van der Waals surface area contributed by atoms with E-state index in [1.165, 1.54) is 0 Å². The van der Waals surface area contributed by atoms with Gasteiger partial charge < -0.3 is 15.5 Å². The summed E-state index contributed by atoms with van der Waals surface area (Å²) in [6, 6.07) is 0. The molecule has 0 saturated heterocycles. The molecule has 0 amide bonds. The van der Waals surface area contributed by atoms with Crippen molar-refractivity contribution in [2.45, 2.75) is 0 Å². The Balaban J connectivity index is -0.000000245. The first-order valence-corrected chi connectivity index (χ1v) is 1.68. The van der Waals surface area contributed by atoms with Crippen LogP contribution < -0.4 is 0 Å². The fraction of sp³-hybridized carbons (Fsp3) is 0.500. The molecule has 0 aliphatic rings. The molecule has 2 radical (unpaired) electrons. The van der Waals surface area contributed by atoms with Gasteiger partial charge in [0.1, 0.15) is 0 Å². The van der Waals surface area contributed by atoms with Gasteiger partial charge in [-0.3, -0.25) is 0 Å². The van der Waals surface area contributed by atoms with Crippen molar-refractivity contribution >= 4 is 65.1 Å². The number of carboxylic acids is 1. The number of hydroxylamine groups is 1. The van der Waals surface area contributed by atoms with E-state index in [2.05, 4.69) is 0 Å². The van der Waals surface area contributed by atoms with Crippen LogP contribution in [0.15, 0.2) is 5.28 Å². The van der Waals surface area contributed by atoms with Crippen molar-refractivity contribution in [2.75, 3.05) is 6.54 Å². The summed E-state index contributed by atoms with van der Waals surface area (Å²) in [5.41, 5.74) is 0. The van der Waals surface area contributed by atoms with Gasteiger partial charge in [0, 0.05) is 59.1 Å². The molecule has 0 saturated carbocycles. The normalized spacial score (nSPS) is 9.00. The first-order valence-electron chi connectivity index (χ1n) is 1.68. The standard InChI is InChI=1S/C2H4N2O4.2Na/c5-2(6)1-4(8)3-7;;/h7H,1H2,(H,5,6);;/b4-3-;;. The van der Waals surface area contributed by atoms with Gasteiger partial charge in [-0.1, -0.05) is 0 Å². The Kier molecular flexibility index (Phi) is 16.4. The zero-order valence-corrected chi connectivity index (χ0v) is 9.81. The molecule has 2 N–H and O–H groups in total. The minimum Gasteiger partial charge on any atom is -0.597 e. The number of hydrogen-bond acceptors (Lipinski definition) is 3. The summed E-state index contributed by atoms with van der Waals surface area (Å²) in [5.74, 6) is -1.34. The van der Waals surface area contributed by atoms with Crippen LogP contribution >= 0.6 is 0 Å². The van der Waals surface area contributed by atoms with Crippen LogP contribution in [0.4, 0.5) is 0 Å². The predicted octanol–water partition coefficient (Wildman–Crippen LogP) is -1.34. The summed E-state index contributed by atoms with van der Waals surface area (Å²) in [7, 11) is 0. The zero-order chi connectivity index (χ0) is 6.57. The van der Waals surface area contributed by atoms with Gasteiger partial charge in [0.2, 0.25) is 0 Å². The summed E-state index contributed by atoms with van der Waals surface area (Å²) in [6.45, 7) is -0.837. The van der Waals surface area contributed by atoms with Gasteiger partial charge in [0.25, 0.3) is 6.54 Å². The molecule has 48 valence electrons. The van der Waals surface area contributed by atoms with Crippen molar-refractivity contribution in [3.05, 3.63) is 5.21 Å². The van der Waals surface area contributed by atoms with Crippen LogP contribution in [0.1, 0.15) is 0 Å². The van der Waals surface area contributed by atoms with E-state index in [4.69, 9.17) is 10.3 Å². The smallest absolute Gasteiger partial charge is 0.373 e. The fourth-order valence-electron chi connectivity index (χ4n) is 0.147. The predicted molar refractivity (Wildman–Crippen MR) is 31.9 cm³/mol. The molecule has 0 fully saturated rings. The molecule has 0 aromatic heterocycles. The van der Waals surface area contributed by atoms with Crippen LogP contribution in [0.5, 0.6) is 0 Å². The van der Waals surface area contributed by atoms with Gasteiger partial charge in [-0.05, 0) is 4.86 Å². The molecule has 0 bridgehead atoms. The van der Waals surface area contributed by atoms with E-state index in [1.54, 1.807) is 0 Å². The maximum atomic E-state index is 9.74. The number of rotatable bonds is 2. The van der Waals surface area contributed by atoms with E-state index in [9.17, 15) is 10.0 Å². The molecule has 0 aromatic carbocycles.